The number of halogens is 4. The van der Waals surface area contributed by atoms with Crippen molar-refractivity contribution in [2.75, 3.05) is 19.8 Å². The van der Waals surface area contributed by atoms with Crippen molar-refractivity contribution in [2.45, 2.75) is 57.0 Å². The maximum absolute atomic E-state index is 13.5. The summed E-state index contributed by atoms with van der Waals surface area (Å²) in [6.45, 7) is 3.83. The number of alkyl halides is 4. The Morgan fingerprint density at radius 3 is 2.27 bits per heavy atom. The average Bonchev–Trinajstić information content (AvgIpc) is 2.79. The Bertz CT molecular complexity index is 926. The fraction of sp³-hybridized carbons (Fsp3) is 0.480. The molecule has 2 aromatic carbocycles. The lowest BCUT2D eigenvalue weighted by atomic mass is 9.84. The van der Waals surface area contributed by atoms with Crippen molar-refractivity contribution in [3.05, 3.63) is 71.3 Å². The van der Waals surface area contributed by atoms with Crippen molar-refractivity contribution in [2.24, 2.45) is 0 Å². The van der Waals surface area contributed by atoms with E-state index in [0.29, 0.717) is 18.7 Å². The number of hydrogen-bond donors (Lipinski definition) is 1. The van der Waals surface area contributed by atoms with Gasteiger partial charge in [-0.15, -0.1) is 0 Å². The van der Waals surface area contributed by atoms with Gasteiger partial charge in [-0.3, -0.25) is 9.18 Å². The molecule has 33 heavy (non-hydrogen) atoms. The van der Waals surface area contributed by atoms with Crippen molar-refractivity contribution in [3.63, 3.8) is 0 Å². The molecular formula is C25H30F4N2O2. The van der Waals surface area contributed by atoms with E-state index in [1.807, 2.05) is 23.9 Å². The van der Waals surface area contributed by atoms with Crippen LogP contribution in [0.3, 0.4) is 0 Å². The molecule has 8 heteroatoms. The van der Waals surface area contributed by atoms with E-state index < -0.39 is 30.1 Å². The second kappa shape index (κ2) is 10.3. The molecule has 0 amide bonds. The number of nitrogens with zero attached hydrogens (tertiary/aromatic N) is 2. The van der Waals surface area contributed by atoms with Crippen LogP contribution in [0.1, 0.15) is 54.6 Å². The van der Waals surface area contributed by atoms with Gasteiger partial charge in [0.25, 0.3) is 0 Å². The van der Waals surface area contributed by atoms with Gasteiger partial charge in [0.1, 0.15) is 0 Å². The molecule has 4 nitrogen and oxygen atoms in total. The zero-order valence-electron chi connectivity index (χ0n) is 18.9. The first-order chi connectivity index (χ1) is 15.6. The number of ketones is 1. The highest BCUT2D eigenvalue weighted by Gasteiger charge is 2.40. The largest absolute Gasteiger partial charge is 0.416 e. The molecule has 0 spiro atoms. The molecule has 0 aliphatic carbocycles. The van der Waals surface area contributed by atoms with Gasteiger partial charge in [-0.05, 0) is 44.4 Å². The summed E-state index contributed by atoms with van der Waals surface area (Å²) >= 11 is 0. The first-order valence-electron chi connectivity index (χ1n) is 11.2. The van der Waals surface area contributed by atoms with Crippen molar-refractivity contribution in [3.8, 4) is 0 Å². The van der Waals surface area contributed by atoms with Crippen LogP contribution in [-0.2, 0) is 11.8 Å². The van der Waals surface area contributed by atoms with Crippen LogP contribution in [0.2, 0.25) is 0 Å². The maximum atomic E-state index is 13.5. The fourth-order valence-corrected chi connectivity index (χ4v) is 4.53. The third-order valence-electron chi connectivity index (χ3n) is 6.21. The Labute approximate surface area is 191 Å². The summed E-state index contributed by atoms with van der Waals surface area (Å²) < 4.78 is 52.9. The number of rotatable bonds is 8. The lowest BCUT2D eigenvalue weighted by molar-refractivity contribution is -0.138. The van der Waals surface area contributed by atoms with Gasteiger partial charge in [0.15, 0.2) is 5.78 Å². The maximum Gasteiger partial charge on any atom is 0.416 e. The molecule has 1 atom stereocenters. The quantitative estimate of drug-likeness (QED) is 0.428. The summed E-state index contributed by atoms with van der Waals surface area (Å²) in [6, 6.07) is 12.7. The Morgan fingerprint density at radius 2 is 1.73 bits per heavy atom. The minimum atomic E-state index is -4.49. The van der Waals surface area contributed by atoms with Gasteiger partial charge in [0, 0.05) is 31.1 Å². The van der Waals surface area contributed by atoms with E-state index in [0.717, 1.165) is 12.1 Å². The molecule has 1 aliphatic rings. The number of Topliss-reactive ketones (excluding diaryl/α,β-unsaturated/α-hetero) is 1. The second-order valence-corrected chi connectivity index (χ2v) is 8.76. The molecule has 2 aromatic rings. The zero-order chi connectivity index (χ0) is 24.2. The Kier molecular flexibility index (Phi) is 7.92. The molecule has 0 aromatic heterocycles. The lowest BCUT2D eigenvalue weighted by Gasteiger charge is -2.47. The van der Waals surface area contributed by atoms with E-state index in [4.69, 9.17) is 0 Å². The summed E-state index contributed by atoms with van der Waals surface area (Å²) in [4.78, 5) is 13.2. The molecule has 180 valence electrons. The zero-order valence-corrected chi connectivity index (χ0v) is 18.9. The third-order valence-corrected chi connectivity index (χ3v) is 6.21. The number of hydrazine groups is 1. The minimum Gasteiger partial charge on any atom is -0.385 e. The second-order valence-electron chi connectivity index (χ2n) is 8.76. The molecule has 1 unspecified atom stereocenters. The molecule has 1 saturated heterocycles. The predicted molar refractivity (Wildman–Crippen MR) is 118 cm³/mol. The smallest absolute Gasteiger partial charge is 0.385 e. The van der Waals surface area contributed by atoms with Crippen LogP contribution in [0, 0.1) is 0 Å². The topological polar surface area (TPSA) is 43.8 Å². The van der Waals surface area contributed by atoms with Gasteiger partial charge in [-0.1, -0.05) is 42.5 Å². The molecule has 0 radical (unpaired) electrons. The van der Waals surface area contributed by atoms with Crippen molar-refractivity contribution in [1.29, 1.82) is 0 Å². The van der Waals surface area contributed by atoms with Crippen molar-refractivity contribution >= 4 is 5.78 Å². The summed E-state index contributed by atoms with van der Waals surface area (Å²) in [6.07, 6.45) is -4.07. The van der Waals surface area contributed by atoms with Gasteiger partial charge in [-0.25, -0.2) is 10.0 Å². The average molecular weight is 467 g/mol. The summed E-state index contributed by atoms with van der Waals surface area (Å²) in [5.74, 6) is -0.180. The molecule has 0 saturated carbocycles. The standard InChI is InChI=1S/C25H30F4N2O2/c1-18(2)31(22(11-14-26)23(32)19-7-4-3-5-8-19)30-15-12-24(33,13-16-30)20-9-6-10-21(17-20)25(27,28)29/h3-10,17-18,22,33H,11-16H2,1-2H3. The number of carbonyl (C=O) groups excluding carboxylic acids is 1. The molecule has 3 rings (SSSR count). The van der Waals surface area contributed by atoms with E-state index in [2.05, 4.69) is 0 Å². The van der Waals surface area contributed by atoms with Crippen molar-refractivity contribution in [1.82, 2.24) is 10.0 Å². The van der Waals surface area contributed by atoms with Crippen LogP contribution in [-0.4, -0.2) is 52.8 Å². The highest BCUT2D eigenvalue weighted by Crippen LogP contribution is 2.37. The minimum absolute atomic E-state index is 0.0281. The van der Waals surface area contributed by atoms with Crippen molar-refractivity contribution < 1.29 is 27.5 Å². The SMILES string of the molecule is CC(C)N(C(CCF)C(=O)c1ccccc1)N1CCC(O)(c2cccc(C(F)(F)F)c2)CC1. The number of piperidine rings is 1. The number of hydrogen-bond acceptors (Lipinski definition) is 4. The highest BCUT2D eigenvalue weighted by atomic mass is 19.4. The van der Waals surface area contributed by atoms with Crippen LogP contribution in [0.25, 0.3) is 0 Å². The van der Waals surface area contributed by atoms with Crippen LogP contribution in [0.4, 0.5) is 17.6 Å². The first kappa shape index (κ1) is 25.3. The van der Waals surface area contributed by atoms with E-state index in [9.17, 15) is 27.5 Å². The van der Waals surface area contributed by atoms with Gasteiger partial charge < -0.3 is 5.11 Å². The van der Waals surface area contributed by atoms with E-state index in [1.54, 1.807) is 30.3 Å². The number of aliphatic hydroxyl groups is 1. The van der Waals surface area contributed by atoms with Crippen LogP contribution in [0.15, 0.2) is 54.6 Å². The van der Waals surface area contributed by atoms with Gasteiger partial charge in [0.2, 0.25) is 0 Å². The van der Waals surface area contributed by atoms with E-state index >= 15 is 0 Å². The Morgan fingerprint density at radius 1 is 1.09 bits per heavy atom. The van der Waals surface area contributed by atoms with Gasteiger partial charge >= 0.3 is 6.18 Å². The number of carbonyl (C=O) groups is 1. The highest BCUT2D eigenvalue weighted by molar-refractivity contribution is 6.00. The van der Waals surface area contributed by atoms with Crippen LogP contribution < -0.4 is 0 Å². The fourth-order valence-electron chi connectivity index (χ4n) is 4.53. The first-order valence-corrected chi connectivity index (χ1v) is 11.2. The summed E-state index contributed by atoms with van der Waals surface area (Å²) in [5, 5.41) is 14.9. The molecule has 1 N–H and O–H groups in total. The Hall–Kier alpha value is -2.29. The van der Waals surface area contributed by atoms with Crippen LogP contribution >= 0.6 is 0 Å². The monoisotopic (exact) mass is 466 g/mol. The molecule has 1 fully saturated rings. The van der Waals surface area contributed by atoms with Gasteiger partial charge in [-0.2, -0.15) is 13.2 Å². The van der Waals surface area contributed by atoms with Crippen LogP contribution in [0.5, 0.6) is 0 Å². The molecule has 0 bridgehead atoms. The van der Waals surface area contributed by atoms with E-state index in [-0.39, 0.29) is 36.7 Å². The molecule has 1 aliphatic heterocycles. The molecule has 1 heterocycles. The summed E-state index contributed by atoms with van der Waals surface area (Å²) in [5.41, 5.74) is -1.47. The van der Waals surface area contributed by atoms with Gasteiger partial charge in [0.05, 0.1) is 23.9 Å². The normalized spacial score (nSPS) is 18.0. The Balaban J connectivity index is 1.80. The predicted octanol–water partition coefficient (Wildman–Crippen LogP) is 5.23. The third kappa shape index (κ3) is 5.80. The molecular weight excluding hydrogens is 436 g/mol. The van der Waals surface area contributed by atoms with E-state index in [1.165, 1.54) is 12.1 Å². The number of benzene rings is 2. The lowest BCUT2D eigenvalue weighted by Crippen LogP contribution is -2.59. The summed E-state index contributed by atoms with van der Waals surface area (Å²) in [7, 11) is 0.